The van der Waals surface area contributed by atoms with E-state index in [1.165, 1.54) is 0 Å². The molecule has 0 aliphatic carbocycles. The maximum Gasteiger partial charge on any atom is 0.514 e. The Labute approximate surface area is 214 Å². The number of ether oxygens (including phenoxy) is 1. The van der Waals surface area contributed by atoms with Crippen LogP contribution in [0.4, 0.5) is 11.5 Å². The van der Waals surface area contributed by atoms with Crippen molar-refractivity contribution in [3.05, 3.63) is 12.4 Å². The molecule has 5 rings (SSSR count). The summed E-state index contributed by atoms with van der Waals surface area (Å²) in [5.74, 6) is 0.814. The molecule has 12 heteroatoms. The average Bonchev–Trinajstić information content (AvgIpc) is 3.33. The van der Waals surface area contributed by atoms with Gasteiger partial charge in [-0.2, -0.15) is 5.10 Å². The molecule has 0 bridgehead atoms. The Morgan fingerprint density at radius 2 is 1.61 bits per heavy atom. The van der Waals surface area contributed by atoms with Crippen molar-refractivity contribution in [3.8, 4) is 0 Å². The van der Waals surface area contributed by atoms with Gasteiger partial charge in [-0.15, -0.1) is 0 Å². The van der Waals surface area contributed by atoms with Crippen LogP contribution in [0, 0.1) is 0 Å². The van der Waals surface area contributed by atoms with Gasteiger partial charge in [-0.05, 0) is 60.5 Å². The number of morpholine rings is 1. The predicted octanol–water partition coefficient (Wildman–Crippen LogP) is 1.66. The molecule has 0 radical (unpaired) electrons. The van der Waals surface area contributed by atoms with E-state index in [0.717, 1.165) is 35.7 Å². The van der Waals surface area contributed by atoms with Gasteiger partial charge in [0.15, 0.2) is 15.7 Å². The Morgan fingerprint density at radius 3 is 2.19 bits per heavy atom. The molecule has 36 heavy (non-hydrogen) atoms. The molecule has 0 atom stereocenters. The van der Waals surface area contributed by atoms with Crippen LogP contribution in [-0.4, -0.2) is 91.2 Å². The number of piperidine rings is 1. The van der Waals surface area contributed by atoms with Gasteiger partial charge in [-0.3, -0.25) is 0 Å². The number of sulfone groups is 1. The van der Waals surface area contributed by atoms with Crippen molar-refractivity contribution in [2.45, 2.75) is 76.1 Å². The fraction of sp³-hybridized carbons (Fsp3) is 0.750. The van der Waals surface area contributed by atoms with Crippen LogP contribution in [0.25, 0.3) is 5.52 Å². The highest BCUT2D eigenvalue weighted by atomic mass is 32.2. The summed E-state index contributed by atoms with van der Waals surface area (Å²) in [6.45, 7) is 15.8. The smallest absolute Gasteiger partial charge is 0.398 e. The maximum absolute atomic E-state index is 12.8. The van der Waals surface area contributed by atoms with Crippen molar-refractivity contribution < 1.29 is 22.5 Å². The van der Waals surface area contributed by atoms with Crippen LogP contribution in [0.15, 0.2) is 12.4 Å². The molecule has 0 saturated carbocycles. The van der Waals surface area contributed by atoms with Gasteiger partial charge in [0, 0.05) is 26.2 Å². The van der Waals surface area contributed by atoms with Gasteiger partial charge >= 0.3 is 7.12 Å². The molecule has 0 aromatic carbocycles. The lowest BCUT2D eigenvalue weighted by Gasteiger charge is -2.34. The van der Waals surface area contributed by atoms with Crippen LogP contribution in [0.2, 0.25) is 0 Å². The fourth-order valence-corrected chi connectivity index (χ4v) is 6.86. The molecule has 0 amide bonds. The third-order valence-corrected chi connectivity index (χ3v) is 11.0. The molecule has 198 valence electrons. The normalized spacial score (nSPS) is 23.2. The first-order valence-electron chi connectivity index (χ1n) is 12.9. The Bertz CT molecular complexity index is 1200. The van der Waals surface area contributed by atoms with E-state index in [1.807, 2.05) is 32.2 Å². The summed E-state index contributed by atoms with van der Waals surface area (Å²) in [6, 6.07) is 2.11. The van der Waals surface area contributed by atoms with Crippen LogP contribution in [0.3, 0.4) is 0 Å². The highest BCUT2D eigenvalue weighted by Crippen LogP contribution is 2.38. The number of hydrogen-bond acceptors (Lipinski definition) is 9. The zero-order valence-electron chi connectivity index (χ0n) is 22.2. The van der Waals surface area contributed by atoms with E-state index < -0.39 is 28.2 Å². The summed E-state index contributed by atoms with van der Waals surface area (Å²) in [4.78, 5) is 9.21. The number of hydrogen-bond donors (Lipinski definition) is 0. The van der Waals surface area contributed by atoms with Crippen LogP contribution >= 0.6 is 0 Å². The van der Waals surface area contributed by atoms with Gasteiger partial charge in [-0.1, -0.05) is 0 Å². The lowest BCUT2D eigenvalue weighted by Crippen LogP contribution is -2.42. The van der Waals surface area contributed by atoms with Crippen molar-refractivity contribution in [3.63, 3.8) is 0 Å². The highest BCUT2D eigenvalue weighted by molar-refractivity contribution is 7.92. The Balaban J connectivity index is 1.54. The van der Waals surface area contributed by atoms with E-state index in [9.17, 15) is 8.42 Å². The molecule has 10 nitrogen and oxygen atoms in total. The monoisotopic (exact) mass is 519 g/mol. The molecule has 3 fully saturated rings. The highest BCUT2D eigenvalue weighted by Gasteiger charge is 2.53. The first-order chi connectivity index (χ1) is 16.9. The molecular formula is C24H38BN5O5S. The van der Waals surface area contributed by atoms with Crippen molar-refractivity contribution in [2.75, 3.05) is 49.2 Å². The van der Waals surface area contributed by atoms with Gasteiger partial charge in [-0.25, -0.2) is 17.9 Å². The average molecular weight is 519 g/mol. The Kier molecular flexibility index (Phi) is 6.54. The second-order valence-corrected chi connectivity index (χ2v) is 14.1. The van der Waals surface area contributed by atoms with Crippen LogP contribution < -0.4 is 15.4 Å². The standard InChI is InChI=1S/C24H38BN5O5S/c1-17(2)36(31,32)18-7-9-29(10-8-18)22-21-19(28-11-13-33-14-12-28)15-20(30(21)27-16-26-22)25-34-23(3,4)24(5,6)35-25/h15-18H,7-14H2,1-6H3. The number of anilines is 2. The topological polar surface area (TPSA) is 98.5 Å². The number of aromatic nitrogens is 3. The van der Waals surface area contributed by atoms with Gasteiger partial charge in [0.25, 0.3) is 0 Å². The molecule has 0 spiro atoms. The van der Waals surface area contributed by atoms with E-state index in [0.29, 0.717) is 39.1 Å². The fourth-order valence-electron chi connectivity index (χ4n) is 5.22. The van der Waals surface area contributed by atoms with Gasteiger partial charge in [0.1, 0.15) is 11.8 Å². The molecule has 0 unspecified atom stereocenters. The van der Waals surface area contributed by atoms with Crippen molar-refractivity contribution in [2.24, 2.45) is 0 Å². The molecule has 5 heterocycles. The minimum atomic E-state index is -3.12. The summed E-state index contributed by atoms with van der Waals surface area (Å²) in [6.07, 6.45) is 2.75. The summed E-state index contributed by atoms with van der Waals surface area (Å²) < 4.78 is 45.8. The Hall–Kier alpha value is -1.89. The Morgan fingerprint density at radius 1 is 1.00 bits per heavy atom. The quantitative estimate of drug-likeness (QED) is 0.547. The minimum Gasteiger partial charge on any atom is -0.398 e. The van der Waals surface area contributed by atoms with E-state index in [1.54, 1.807) is 20.2 Å². The zero-order valence-corrected chi connectivity index (χ0v) is 23.0. The summed E-state index contributed by atoms with van der Waals surface area (Å²) >= 11 is 0. The molecule has 3 aliphatic heterocycles. The second-order valence-electron chi connectivity index (χ2n) is 11.3. The molecule has 2 aromatic rings. The maximum atomic E-state index is 12.8. The van der Waals surface area contributed by atoms with E-state index in [-0.39, 0.29) is 10.5 Å². The number of nitrogens with zero attached hydrogens (tertiary/aromatic N) is 5. The van der Waals surface area contributed by atoms with E-state index in [4.69, 9.17) is 19.0 Å². The summed E-state index contributed by atoms with van der Waals surface area (Å²) in [5, 5.41) is 3.97. The second kappa shape index (κ2) is 9.14. The lowest BCUT2D eigenvalue weighted by atomic mass is 9.85. The van der Waals surface area contributed by atoms with Gasteiger partial charge in [0.05, 0.1) is 46.2 Å². The van der Waals surface area contributed by atoms with Crippen molar-refractivity contribution in [1.29, 1.82) is 0 Å². The molecular weight excluding hydrogens is 481 g/mol. The largest absolute Gasteiger partial charge is 0.514 e. The van der Waals surface area contributed by atoms with E-state index >= 15 is 0 Å². The number of rotatable bonds is 5. The first-order valence-corrected chi connectivity index (χ1v) is 14.6. The third-order valence-electron chi connectivity index (χ3n) is 8.25. The molecule has 3 aliphatic rings. The van der Waals surface area contributed by atoms with Crippen LogP contribution in [0.5, 0.6) is 0 Å². The van der Waals surface area contributed by atoms with Crippen molar-refractivity contribution >= 4 is 39.6 Å². The zero-order chi connectivity index (χ0) is 25.9. The molecule has 3 saturated heterocycles. The molecule has 2 aromatic heterocycles. The lowest BCUT2D eigenvalue weighted by molar-refractivity contribution is 0.00578. The van der Waals surface area contributed by atoms with Crippen LogP contribution in [-0.2, 0) is 23.9 Å². The molecule has 0 N–H and O–H groups in total. The summed E-state index contributed by atoms with van der Waals surface area (Å²) in [5.41, 5.74) is 1.80. The van der Waals surface area contributed by atoms with Gasteiger partial charge < -0.3 is 23.8 Å². The minimum absolute atomic E-state index is 0.308. The number of fused-ring (bicyclic) bond motifs is 1. The van der Waals surface area contributed by atoms with Gasteiger partial charge in [0.2, 0.25) is 0 Å². The predicted molar refractivity (Wildman–Crippen MR) is 141 cm³/mol. The summed E-state index contributed by atoms with van der Waals surface area (Å²) in [7, 11) is -3.69. The van der Waals surface area contributed by atoms with Crippen molar-refractivity contribution in [1.82, 2.24) is 14.6 Å². The third kappa shape index (κ3) is 4.29. The van der Waals surface area contributed by atoms with Crippen LogP contribution in [0.1, 0.15) is 54.4 Å². The van der Waals surface area contributed by atoms with E-state index in [2.05, 4.69) is 21.0 Å². The first kappa shape index (κ1) is 25.8. The SMILES string of the molecule is CC(C)S(=O)(=O)C1CCN(c2ncnn3c(B4OC(C)(C)C(C)(C)O4)cc(N4CCOCC4)c23)CC1.